The Morgan fingerprint density at radius 1 is 1.12 bits per heavy atom. The van der Waals surface area contributed by atoms with Gasteiger partial charge < -0.3 is 19.3 Å². The number of hydrogen-bond donors (Lipinski definition) is 1. The van der Waals surface area contributed by atoms with Crippen LogP contribution in [0.3, 0.4) is 0 Å². The van der Waals surface area contributed by atoms with Crippen molar-refractivity contribution in [2.45, 2.75) is 45.8 Å². The molecule has 0 saturated carbocycles. The molecule has 1 aliphatic carbocycles. The summed E-state index contributed by atoms with van der Waals surface area (Å²) in [5.74, 6) is 0.107. The van der Waals surface area contributed by atoms with E-state index < -0.39 is 5.97 Å². The van der Waals surface area contributed by atoms with Gasteiger partial charge in [-0.1, -0.05) is 41.6 Å². The topological polar surface area (TPSA) is 90.7 Å². The Hall–Kier alpha value is -3.61. The van der Waals surface area contributed by atoms with Crippen molar-refractivity contribution in [1.82, 2.24) is 10.5 Å². The van der Waals surface area contributed by atoms with Crippen LogP contribution in [0, 0.1) is 13.8 Å². The summed E-state index contributed by atoms with van der Waals surface area (Å²) < 4.78 is 16.3. The summed E-state index contributed by atoms with van der Waals surface area (Å²) in [6.07, 6.45) is 2.90. The normalized spacial score (nSPS) is 15.0. The van der Waals surface area contributed by atoms with E-state index in [4.69, 9.17) is 14.0 Å². The van der Waals surface area contributed by atoms with Crippen LogP contribution in [0.1, 0.15) is 57.4 Å². The predicted molar refractivity (Wildman–Crippen MR) is 117 cm³/mol. The Morgan fingerprint density at radius 3 is 2.72 bits per heavy atom. The number of esters is 1. The van der Waals surface area contributed by atoms with Crippen molar-refractivity contribution in [3.63, 3.8) is 0 Å². The van der Waals surface area contributed by atoms with Crippen molar-refractivity contribution in [3.05, 3.63) is 82.2 Å². The van der Waals surface area contributed by atoms with Gasteiger partial charge in [-0.3, -0.25) is 4.79 Å². The van der Waals surface area contributed by atoms with Gasteiger partial charge in [0.1, 0.15) is 23.7 Å². The van der Waals surface area contributed by atoms with E-state index in [1.54, 1.807) is 24.3 Å². The number of carbonyl (C=O) groups is 2. The van der Waals surface area contributed by atoms with Gasteiger partial charge in [0.2, 0.25) is 0 Å². The first kappa shape index (κ1) is 21.6. The molecule has 32 heavy (non-hydrogen) atoms. The smallest absolute Gasteiger partial charge is 0.342 e. The lowest BCUT2D eigenvalue weighted by Gasteiger charge is -2.26. The fourth-order valence-corrected chi connectivity index (χ4v) is 3.97. The van der Waals surface area contributed by atoms with Gasteiger partial charge in [0, 0.05) is 0 Å². The molecule has 0 aliphatic heterocycles. The highest BCUT2D eigenvalue weighted by atomic mass is 16.5. The number of hydrogen-bond acceptors (Lipinski definition) is 6. The monoisotopic (exact) mass is 434 g/mol. The molecule has 1 aliphatic rings. The predicted octanol–water partition coefficient (Wildman–Crippen LogP) is 4.22. The fraction of sp³-hybridized carbons (Fsp3) is 0.320. The quantitative estimate of drug-likeness (QED) is 0.560. The second-order valence-corrected chi connectivity index (χ2v) is 7.87. The molecule has 1 unspecified atom stereocenters. The molecule has 0 spiro atoms. The standard InChI is InChI=1S/C25H26N2O5/c1-16-21(17(2)32-27-16)14-30-23-13-6-5-11-20(23)25(29)31-15-24(28)26-22-12-7-9-18-8-3-4-10-19(18)22/h3-6,8,10-11,13,22H,7,9,12,14-15H2,1-2H3,(H,26,28). The van der Waals surface area contributed by atoms with Gasteiger partial charge in [0.15, 0.2) is 6.61 Å². The minimum atomic E-state index is -0.612. The second kappa shape index (κ2) is 9.68. The summed E-state index contributed by atoms with van der Waals surface area (Å²) in [7, 11) is 0. The Labute approximate surface area is 186 Å². The van der Waals surface area contributed by atoms with Crippen molar-refractivity contribution in [2.24, 2.45) is 0 Å². The highest BCUT2D eigenvalue weighted by Crippen LogP contribution is 2.29. The number of fused-ring (bicyclic) bond motifs is 1. The number of aryl methyl sites for hydroxylation is 3. The van der Waals surface area contributed by atoms with Gasteiger partial charge >= 0.3 is 5.97 Å². The Morgan fingerprint density at radius 2 is 1.91 bits per heavy atom. The SMILES string of the molecule is Cc1noc(C)c1COc1ccccc1C(=O)OCC(=O)NC1CCCc2ccccc21. The number of rotatable bonds is 7. The van der Waals surface area contributed by atoms with Crippen molar-refractivity contribution < 1.29 is 23.6 Å². The third-order valence-electron chi connectivity index (χ3n) is 5.70. The molecule has 0 bridgehead atoms. The van der Waals surface area contributed by atoms with Crippen LogP contribution in [0.25, 0.3) is 0 Å². The first-order valence-corrected chi connectivity index (χ1v) is 10.7. The molecular weight excluding hydrogens is 408 g/mol. The summed E-state index contributed by atoms with van der Waals surface area (Å²) in [4.78, 5) is 25.1. The molecule has 1 N–H and O–H groups in total. The minimum Gasteiger partial charge on any atom is -0.488 e. The number of amides is 1. The maximum Gasteiger partial charge on any atom is 0.342 e. The van der Waals surface area contributed by atoms with E-state index >= 15 is 0 Å². The molecule has 0 saturated heterocycles. The van der Waals surface area contributed by atoms with E-state index in [1.807, 2.05) is 32.0 Å². The van der Waals surface area contributed by atoms with E-state index in [1.165, 1.54) is 5.56 Å². The summed E-state index contributed by atoms with van der Waals surface area (Å²) in [6, 6.07) is 14.8. The van der Waals surface area contributed by atoms with Gasteiger partial charge in [-0.2, -0.15) is 0 Å². The molecule has 1 aromatic heterocycles. The molecule has 1 amide bonds. The van der Waals surface area contributed by atoms with Crippen LogP contribution in [0.15, 0.2) is 53.1 Å². The van der Waals surface area contributed by atoms with Crippen LogP contribution in [0.5, 0.6) is 5.75 Å². The lowest BCUT2D eigenvalue weighted by atomic mass is 9.88. The molecule has 166 valence electrons. The van der Waals surface area contributed by atoms with Crippen LogP contribution in [-0.4, -0.2) is 23.6 Å². The number of ether oxygens (including phenoxy) is 2. The van der Waals surface area contributed by atoms with E-state index in [9.17, 15) is 9.59 Å². The molecule has 7 nitrogen and oxygen atoms in total. The summed E-state index contributed by atoms with van der Waals surface area (Å²) >= 11 is 0. The van der Waals surface area contributed by atoms with Gasteiger partial charge in [-0.05, 0) is 56.4 Å². The zero-order chi connectivity index (χ0) is 22.5. The molecule has 0 radical (unpaired) electrons. The number of aromatic nitrogens is 1. The summed E-state index contributed by atoms with van der Waals surface area (Å²) in [5.41, 5.74) is 4.22. The average Bonchev–Trinajstić information content (AvgIpc) is 3.13. The molecular formula is C25H26N2O5. The van der Waals surface area contributed by atoms with Crippen LogP contribution >= 0.6 is 0 Å². The first-order chi connectivity index (χ1) is 15.5. The zero-order valence-corrected chi connectivity index (χ0v) is 18.2. The van der Waals surface area contributed by atoms with Crippen LogP contribution < -0.4 is 10.1 Å². The second-order valence-electron chi connectivity index (χ2n) is 7.87. The maximum atomic E-state index is 12.6. The average molecular weight is 434 g/mol. The molecule has 2 aromatic carbocycles. The molecule has 7 heteroatoms. The van der Waals surface area contributed by atoms with Gasteiger partial charge in [0.25, 0.3) is 5.91 Å². The van der Waals surface area contributed by atoms with Crippen LogP contribution in [0.4, 0.5) is 0 Å². The van der Waals surface area contributed by atoms with Crippen molar-refractivity contribution in [1.29, 1.82) is 0 Å². The molecule has 1 heterocycles. The fourth-order valence-electron chi connectivity index (χ4n) is 3.97. The molecule has 1 atom stereocenters. The van der Waals surface area contributed by atoms with Crippen molar-refractivity contribution >= 4 is 11.9 Å². The van der Waals surface area contributed by atoms with Crippen molar-refractivity contribution in [3.8, 4) is 5.75 Å². The Balaban J connectivity index is 1.35. The van der Waals surface area contributed by atoms with Crippen molar-refractivity contribution in [2.75, 3.05) is 6.61 Å². The van der Waals surface area contributed by atoms with Crippen LogP contribution in [0.2, 0.25) is 0 Å². The Kier molecular flexibility index (Phi) is 6.54. The number of para-hydroxylation sites is 1. The maximum absolute atomic E-state index is 12.6. The Bertz CT molecular complexity index is 1100. The van der Waals surface area contributed by atoms with Gasteiger partial charge in [-0.15, -0.1) is 0 Å². The van der Waals surface area contributed by atoms with Gasteiger partial charge in [0.05, 0.1) is 17.3 Å². The first-order valence-electron chi connectivity index (χ1n) is 10.7. The summed E-state index contributed by atoms with van der Waals surface area (Å²) in [5, 5.41) is 6.89. The third kappa shape index (κ3) is 4.82. The van der Waals surface area contributed by atoms with E-state index in [0.29, 0.717) is 11.5 Å². The zero-order valence-electron chi connectivity index (χ0n) is 18.2. The number of carbonyl (C=O) groups excluding carboxylic acids is 2. The largest absolute Gasteiger partial charge is 0.488 e. The minimum absolute atomic E-state index is 0.0585. The van der Waals surface area contributed by atoms with Crippen LogP contribution in [-0.2, 0) is 22.6 Å². The number of nitrogens with one attached hydrogen (secondary N) is 1. The lowest BCUT2D eigenvalue weighted by Crippen LogP contribution is -2.34. The lowest BCUT2D eigenvalue weighted by molar-refractivity contribution is -0.125. The third-order valence-corrected chi connectivity index (χ3v) is 5.70. The molecule has 4 rings (SSSR count). The van der Waals surface area contributed by atoms with E-state index in [0.717, 1.165) is 36.1 Å². The molecule has 0 fully saturated rings. The van der Waals surface area contributed by atoms with E-state index in [-0.39, 0.29) is 30.7 Å². The summed E-state index contributed by atoms with van der Waals surface area (Å²) in [6.45, 7) is 3.50. The number of benzene rings is 2. The van der Waals surface area contributed by atoms with E-state index in [2.05, 4.69) is 16.5 Å². The van der Waals surface area contributed by atoms with Gasteiger partial charge in [-0.25, -0.2) is 4.79 Å². The highest BCUT2D eigenvalue weighted by Gasteiger charge is 2.22. The number of nitrogens with zero attached hydrogens (tertiary/aromatic N) is 1. The highest BCUT2D eigenvalue weighted by molar-refractivity contribution is 5.94. The molecule has 3 aromatic rings.